The maximum atomic E-state index is 10.5. The lowest BCUT2D eigenvalue weighted by Gasteiger charge is -2.04. The number of hydrogen-bond acceptors (Lipinski definition) is 1. The monoisotopic (exact) mass is 547 g/mol. The van der Waals surface area contributed by atoms with E-state index in [2.05, 4.69) is 31.2 Å². The fourth-order valence-corrected chi connectivity index (χ4v) is 5.39. The zero-order chi connectivity index (χ0) is 28.3. The smallest absolute Gasteiger partial charge is 0.303 e. The van der Waals surface area contributed by atoms with Crippen LogP contribution >= 0.6 is 0 Å². The van der Waals surface area contributed by atoms with Crippen molar-refractivity contribution < 1.29 is 9.90 Å². The maximum absolute atomic E-state index is 10.5. The Morgan fingerprint density at radius 3 is 0.872 bits per heavy atom. The predicted molar refractivity (Wildman–Crippen MR) is 175 cm³/mol. The molecule has 0 aromatic carbocycles. The number of unbranched alkanes of at least 4 members (excludes halogenated alkanes) is 27. The van der Waals surface area contributed by atoms with E-state index in [1.807, 2.05) is 0 Å². The number of aliphatic carboxylic acids is 1. The molecule has 0 aromatic rings. The van der Waals surface area contributed by atoms with E-state index < -0.39 is 5.97 Å². The Labute approximate surface area is 245 Å². The van der Waals surface area contributed by atoms with Gasteiger partial charge in [-0.3, -0.25) is 4.79 Å². The van der Waals surface area contributed by atoms with Gasteiger partial charge in [0.1, 0.15) is 0 Å². The van der Waals surface area contributed by atoms with E-state index >= 15 is 0 Å². The molecule has 0 bridgehead atoms. The Morgan fingerprint density at radius 2 is 0.615 bits per heavy atom. The lowest BCUT2D eigenvalue weighted by molar-refractivity contribution is -0.137. The molecule has 0 aromatic heterocycles. The molecule has 1 N–H and O–H groups in total. The van der Waals surface area contributed by atoms with Gasteiger partial charge in [0.05, 0.1) is 0 Å². The van der Waals surface area contributed by atoms with E-state index in [0.29, 0.717) is 6.42 Å². The second-order valence-electron chi connectivity index (χ2n) is 12.1. The number of carbonyl (C=O) groups is 1. The Bertz CT molecular complexity index is 522. The SMILES string of the molecule is CCCCC=CCCCCCCCC=CCCCCCCCCCCCCCCCCCCCCCC(=O)O. The highest BCUT2D eigenvalue weighted by atomic mass is 16.4. The minimum atomic E-state index is -0.650. The summed E-state index contributed by atoms with van der Waals surface area (Å²) in [6, 6.07) is 0. The summed E-state index contributed by atoms with van der Waals surface area (Å²) in [7, 11) is 0. The Balaban J connectivity index is 3.11. The van der Waals surface area contributed by atoms with Crippen molar-refractivity contribution in [1.82, 2.24) is 0 Å². The van der Waals surface area contributed by atoms with Gasteiger partial charge in [-0.05, 0) is 51.4 Å². The standard InChI is InChI=1S/C37H70O2/c1-2-3-4-5-6-7-8-9-10-11-12-13-14-15-16-17-18-19-20-21-22-23-24-25-26-27-28-29-30-31-32-33-34-35-36-37(38)39/h5-6,14-15H,2-4,7-13,16-36H2,1H3,(H,38,39). The zero-order valence-corrected chi connectivity index (χ0v) is 26.6. The Morgan fingerprint density at radius 1 is 0.385 bits per heavy atom. The minimum absolute atomic E-state index is 0.344. The third-order valence-electron chi connectivity index (χ3n) is 8.06. The lowest BCUT2D eigenvalue weighted by Crippen LogP contribution is -1.93. The van der Waals surface area contributed by atoms with E-state index in [1.54, 1.807) is 0 Å². The number of rotatable bonds is 33. The van der Waals surface area contributed by atoms with Crippen molar-refractivity contribution in [2.75, 3.05) is 0 Å². The number of carboxylic acid groups (broad SMARTS) is 1. The Hall–Kier alpha value is -1.05. The van der Waals surface area contributed by atoms with Crippen molar-refractivity contribution in [1.29, 1.82) is 0 Å². The zero-order valence-electron chi connectivity index (χ0n) is 26.6. The quantitative estimate of drug-likeness (QED) is 0.0656. The molecule has 0 saturated heterocycles. The molecule has 0 spiro atoms. The van der Waals surface area contributed by atoms with Gasteiger partial charge in [-0.25, -0.2) is 0 Å². The van der Waals surface area contributed by atoms with E-state index in [4.69, 9.17) is 5.11 Å². The molecular weight excluding hydrogens is 476 g/mol. The summed E-state index contributed by atoms with van der Waals surface area (Å²) < 4.78 is 0. The summed E-state index contributed by atoms with van der Waals surface area (Å²) in [4.78, 5) is 10.5. The van der Waals surface area contributed by atoms with Crippen LogP contribution in [0.25, 0.3) is 0 Å². The Kier molecular flexibility index (Phi) is 34.0. The molecular formula is C37H70O2. The molecule has 0 fully saturated rings. The van der Waals surface area contributed by atoms with Crippen molar-refractivity contribution in [2.45, 2.75) is 206 Å². The first-order valence-corrected chi connectivity index (χ1v) is 17.8. The third kappa shape index (κ3) is 37.0. The van der Waals surface area contributed by atoms with Gasteiger partial charge in [0.2, 0.25) is 0 Å². The molecule has 0 atom stereocenters. The van der Waals surface area contributed by atoms with Crippen molar-refractivity contribution in [3.05, 3.63) is 24.3 Å². The van der Waals surface area contributed by atoms with E-state index in [1.165, 1.54) is 180 Å². The molecule has 230 valence electrons. The van der Waals surface area contributed by atoms with E-state index in [9.17, 15) is 4.79 Å². The molecule has 0 rings (SSSR count). The molecule has 39 heavy (non-hydrogen) atoms. The van der Waals surface area contributed by atoms with E-state index in [-0.39, 0.29) is 0 Å². The molecule has 0 aliphatic rings. The van der Waals surface area contributed by atoms with Crippen LogP contribution in [0.4, 0.5) is 0 Å². The van der Waals surface area contributed by atoms with Gasteiger partial charge in [-0.1, -0.05) is 172 Å². The van der Waals surface area contributed by atoms with Gasteiger partial charge < -0.3 is 5.11 Å². The van der Waals surface area contributed by atoms with E-state index in [0.717, 1.165) is 12.8 Å². The summed E-state index contributed by atoms with van der Waals surface area (Å²) in [6.45, 7) is 2.26. The second kappa shape index (κ2) is 35.0. The molecule has 0 aliphatic carbocycles. The first-order chi connectivity index (χ1) is 19.3. The van der Waals surface area contributed by atoms with Crippen LogP contribution in [0.3, 0.4) is 0 Å². The van der Waals surface area contributed by atoms with Crippen LogP contribution in [0.15, 0.2) is 24.3 Å². The van der Waals surface area contributed by atoms with Gasteiger partial charge in [0.25, 0.3) is 0 Å². The normalized spacial score (nSPS) is 11.8. The highest BCUT2D eigenvalue weighted by Crippen LogP contribution is 2.15. The summed E-state index contributed by atoms with van der Waals surface area (Å²) >= 11 is 0. The largest absolute Gasteiger partial charge is 0.481 e. The van der Waals surface area contributed by atoms with Crippen molar-refractivity contribution in [3.8, 4) is 0 Å². The van der Waals surface area contributed by atoms with Gasteiger partial charge in [0, 0.05) is 6.42 Å². The van der Waals surface area contributed by atoms with Crippen LogP contribution in [0.2, 0.25) is 0 Å². The fourth-order valence-electron chi connectivity index (χ4n) is 5.39. The predicted octanol–water partition coefficient (Wildman–Crippen LogP) is 13.3. The fraction of sp³-hybridized carbons (Fsp3) is 0.865. The second-order valence-corrected chi connectivity index (χ2v) is 12.1. The summed E-state index contributed by atoms with van der Waals surface area (Å²) in [5.41, 5.74) is 0. The summed E-state index contributed by atoms with van der Waals surface area (Å²) in [5.74, 6) is -0.650. The average molecular weight is 547 g/mol. The van der Waals surface area contributed by atoms with Crippen LogP contribution in [-0.4, -0.2) is 11.1 Å². The molecule has 2 nitrogen and oxygen atoms in total. The molecule has 0 radical (unpaired) electrons. The van der Waals surface area contributed by atoms with Gasteiger partial charge >= 0.3 is 5.97 Å². The van der Waals surface area contributed by atoms with Gasteiger partial charge in [0.15, 0.2) is 0 Å². The minimum Gasteiger partial charge on any atom is -0.481 e. The first-order valence-electron chi connectivity index (χ1n) is 17.8. The number of hydrogen-bond donors (Lipinski definition) is 1. The summed E-state index contributed by atoms with van der Waals surface area (Å²) in [5, 5.41) is 8.63. The number of carboxylic acids is 1. The van der Waals surface area contributed by atoms with Crippen LogP contribution in [0, 0.1) is 0 Å². The van der Waals surface area contributed by atoms with Crippen LogP contribution in [0.1, 0.15) is 206 Å². The summed E-state index contributed by atoms with van der Waals surface area (Å²) in [6.07, 6.45) is 50.5. The topological polar surface area (TPSA) is 37.3 Å². The van der Waals surface area contributed by atoms with Gasteiger partial charge in [-0.2, -0.15) is 0 Å². The van der Waals surface area contributed by atoms with Crippen molar-refractivity contribution in [2.24, 2.45) is 0 Å². The molecule has 0 heterocycles. The van der Waals surface area contributed by atoms with Crippen molar-refractivity contribution in [3.63, 3.8) is 0 Å². The molecule has 2 heteroatoms. The third-order valence-corrected chi connectivity index (χ3v) is 8.06. The molecule has 0 unspecified atom stereocenters. The maximum Gasteiger partial charge on any atom is 0.303 e. The number of allylic oxidation sites excluding steroid dienone is 4. The molecule has 0 amide bonds. The average Bonchev–Trinajstić information content (AvgIpc) is 2.93. The van der Waals surface area contributed by atoms with Crippen molar-refractivity contribution >= 4 is 5.97 Å². The molecule has 0 saturated carbocycles. The lowest BCUT2D eigenvalue weighted by atomic mass is 10.0. The van der Waals surface area contributed by atoms with Crippen LogP contribution < -0.4 is 0 Å². The first kappa shape index (κ1) is 38.0. The highest BCUT2D eigenvalue weighted by molar-refractivity contribution is 5.66. The van der Waals surface area contributed by atoms with Crippen LogP contribution in [0.5, 0.6) is 0 Å². The van der Waals surface area contributed by atoms with Gasteiger partial charge in [-0.15, -0.1) is 0 Å². The van der Waals surface area contributed by atoms with Crippen LogP contribution in [-0.2, 0) is 4.79 Å². The highest BCUT2D eigenvalue weighted by Gasteiger charge is 1.97. The molecule has 0 aliphatic heterocycles.